The van der Waals surface area contributed by atoms with E-state index >= 15 is 0 Å². The summed E-state index contributed by atoms with van der Waals surface area (Å²) in [6, 6.07) is 0.715. The van der Waals surface area contributed by atoms with Crippen molar-refractivity contribution in [3.8, 4) is 0 Å². The highest BCUT2D eigenvalue weighted by Gasteiger charge is 2.35. The summed E-state index contributed by atoms with van der Waals surface area (Å²) in [4.78, 5) is 2.63. The maximum atomic E-state index is 5.68. The van der Waals surface area contributed by atoms with Gasteiger partial charge in [0.15, 0.2) is 0 Å². The van der Waals surface area contributed by atoms with E-state index in [1.165, 1.54) is 32.4 Å². The van der Waals surface area contributed by atoms with Gasteiger partial charge >= 0.3 is 0 Å². The molecule has 1 N–H and O–H groups in total. The van der Waals surface area contributed by atoms with Gasteiger partial charge in [-0.3, -0.25) is 4.90 Å². The van der Waals surface area contributed by atoms with Crippen LogP contribution in [0.2, 0.25) is 0 Å². The number of ether oxygens (including phenoxy) is 1. The van der Waals surface area contributed by atoms with Gasteiger partial charge in [0.25, 0.3) is 0 Å². The second kappa shape index (κ2) is 7.77. The van der Waals surface area contributed by atoms with Crippen LogP contribution in [0.4, 0.5) is 0 Å². The van der Waals surface area contributed by atoms with Crippen molar-refractivity contribution >= 4 is 0 Å². The quantitative estimate of drug-likeness (QED) is 0.839. The highest BCUT2D eigenvalue weighted by atomic mass is 16.5. The second-order valence-electron chi connectivity index (χ2n) is 7.22. The van der Waals surface area contributed by atoms with Gasteiger partial charge in [-0.2, -0.15) is 0 Å². The molecule has 0 radical (unpaired) electrons. The topological polar surface area (TPSA) is 24.5 Å². The van der Waals surface area contributed by atoms with Gasteiger partial charge in [0.1, 0.15) is 0 Å². The maximum absolute atomic E-state index is 5.68. The van der Waals surface area contributed by atoms with E-state index in [4.69, 9.17) is 4.74 Å². The van der Waals surface area contributed by atoms with Crippen LogP contribution >= 0.6 is 0 Å². The summed E-state index contributed by atoms with van der Waals surface area (Å²) in [6.45, 7) is 14.9. The van der Waals surface area contributed by atoms with Gasteiger partial charge in [0.2, 0.25) is 0 Å². The fourth-order valence-corrected chi connectivity index (χ4v) is 4.14. The second-order valence-corrected chi connectivity index (χ2v) is 7.22. The minimum atomic E-state index is 0.406. The van der Waals surface area contributed by atoms with Crippen LogP contribution in [0, 0.1) is 17.8 Å². The third kappa shape index (κ3) is 4.44. The SMILES string of the molecule is CCCNC1CC(C)CC(C)C1CN1CCOC(C)C1. The van der Waals surface area contributed by atoms with Crippen molar-refractivity contribution in [3.63, 3.8) is 0 Å². The van der Waals surface area contributed by atoms with Crippen molar-refractivity contribution in [2.45, 2.75) is 59.1 Å². The molecule has 0 bridgehead atoms. The van der Waals surface area contributed by atoms with Crippen LogP contribution in [0.15, 0.2) is 0 Å². The molecule has 1 saturated heterocycles. The van der Waals surface area contributed by atoms with Crippen LogP contribution in [-0.4, -0.2) is 49.8 Å². The Hall–Kier alpha value is -0.120. The van der Waals surface area contributed by atoms with Crippen molar-refractivity contribution in [1.82, 2.24) is 10.2 Å². The fourth-order valence-electron chi connectivity index (χ4n) is 4.14. The van der Waals surface area contributed by atoms with Gasteiger partial charge in [0.05, 0.1) is 12.7 Å². The van der Waals surface area contributed by atoms with E-state index in [1.54, 1.807) is 0 Å². The van der Waals surface area contributed by atoms with E-state index in [2.05, 4.69) is 37.9 Å². The zero-order valence-electron chi connectivity index (χ0n) is 13.9. The third-order valence-electron chi connectivity index (χ3n) is 5.13. The van der Waals surface area contributed by atoms with Gasteiger partial charge in [-0.15, -0.1) is 0 Å². The number of hydrogen-bond donors (Lipinski definition) is 1. The Morgan fingerprint density at radius 3 is 2.70 bits per heavy atom. The fraction of sp³-hybridized carbons (Fsp3) is 1.00. The van der Waals surface area contributed by atoms with E-state index in [0.29, 0.717) is 12.1 Å². The molecule has 0 amide bonds. The van der Waals surface area contributed by atoms with Crippen LogP contribution in [0.1, 0.15) is 47.0 Å². The summed E-state index contributed by atoms with van der Waals surface area (Å²) in [6.07, 6.45) is 4.40. The maximum Gasteiger partial charge on any atom is 0.0674 e. The molecular weight excluding hydrogens is 248 g/mol. The highest BCUT2D eigenvalue weighted by Crippen LogP contribution is 2.34. The Morgan fingerprint density at radius 1 is 1.20 bits per heavy atom. The van der Waals surface area contributed by atoms with E-state index in [9.17, 15) is 0 Å². The van der Waals surface area contributed by atoms with Crippen molar-refractivity contribution in [1.29, 1.82) is 0 Å². The molecule has 0 aromatic rings. The van der Waals surface area contributed by atoms with Crippen LogP contribution in [0.5, 0.6) is 0 Å². The molecule has 118 valence electrons. The first-order valence-corrected chi connectivity index (χ1v) is 8.67. The highest BCUT2D eigenvalue weighted by molar-refractivity contribution is 4.90. The first-order chi connectivity index (χ1) is 9.60. The zero-order chi connectivity index (χ0) is 14.5. The average molecular weight is 282 g/mol. The summed E-state index contributed by atoms with van der Waals surface area (Å²) in [5, 5.41) is 3.83. The van der Waals surface area contributed by atoms with E-state index < -0.39 is 0 Å². The minimum absolute atomic E-state index is 0.406. The molecule has 0 spiro atoms. The van der Waals surface area contributed by atoms with Crippen molar-refractivity contribution in [3.05, 3.63) is 0 Å². The van der Waals surface area contributed by atoms with Crippen molar-refractivity contribution in [2.75, 3.05) is 32.8 Å². The van der Waals surface area contributed by atoms with Gasteiger partial charge in [-0.1, -0.05) is 20.8 Å². The molecule has 20 heavy (non-hydrogen) atoms. The smallest absolute Gasteiger partial charge is 0.0674 e. The molecule has 3 heteroatoms. The summed E-state index contributed by atoms with van der Waals surface area (Å²) >= 11 is 0. The van der Waals surface area contributed by atoms with E-state index in [0.717, 1.165) is 37.5 Å². The predicted octanol–water partition coefficient (Wildman–Crippen LogP) is 2.76. The van der Waals surface area contributed by atoms with Crippen molar-refractivity contribution in [2.24, 2.45) is 17.8 Å². The molecular formula is C17H34N2O. The Balaban J connectivity index is 1.93. The molecule has 5 atom stereocenters. The number of morpholine rings is 1. The third-order valence-corrected chi connectivity index (χ3v) is 5.13. The lowest BCUT2D eigenvalue weighted by Gasteiger charge is -2.43. The Morgan fingerprint density at radius 2 is 2.00 bits per heavy atom. The Kier molecular flexibility index (Phi) is 6.31. The molecule has 2 aliphatic rings. The lowest BCUT2D eigenvalue weighted by atomic mass is 9.72. The van der Waals surface area contributed by atoms with E-state index in [-0.39, 0.29) is 0 Å². The van der Waals surface area contributed by atoms with Crippen molar-refractivity contribution < 1.29 is 4.74 Å². The van der Waals surface area contributed by atoms with Gasteiger partial charge < -0.3 is 10.1 Å². The molecule has 3 nitrogen and oxygen atoms in total. The molecule has 1 aliphatic carbocycles. The van der Waals surface area contributed by atoms with Crippen LogP contribution in [0.25, 0.3) is 0 Å². The monoisotopic (exact) mass is 282 g/mol. The lowest BCUT2D eigenvalue weighted by molar-refractivity contribution is -0.0318. The molecule has 0 aromatic heterocycles. The molecule has 2 fully saturated rings. The van der Waals surface area contributed by atoms with Crippen LogP contribution < -0.4 is 5.32 Å². The van der Waals surface area contributed by atoms with Gasteiger partial charge in [-0.05, 0) is 50.5 Å². The first kappa shape index (κ1) is 16.3. The van der Waals surface area contributed by atoms with Crippen LogP contribution in [-0.2, 0) is 4.74 Å². The minimum Gasteiger partial charge on any atom is -0.376 e. The number of rotatable bonds is 5. The normalized spacial score (nSPS) is 39.9. The Labute approximate surface area is 125 Å². The summed E-state index contributed by atoms with van der Waals surface area (Å²) in [7, 11) is 0. The first-order valence-electron chi connectivity index (χ1n) is 8.67. The molecule has 1 heterocycles. The molecule has 1 saturated carbocycles. The van der Waals surface area contributed by atoms with Gasteiger partial charge in [-0.25, -0.2) is 0 Å². The molecule has 0 aromatic carbocycles. The number of nitrogens with zero attached hydrogens (tertiary/aromatic N) is 1. The molecule has 2 rings (SSSR count). The molecule has 5 unspecified atom stereocenters. The summed E-state index contributed by atoms with van der Waals surface area (Å²) in [5.41, 5.74) is 0. The predicted molar refractivity (Wildman–Crippen MR) is 85.0 cm³/mol. The average Bonchev–Trinajstić information content (AvgIpc) is 2.40. The Bertz CT molecular complexity index is 284. The summed E-state index contributed by atoms with van der Waals surface area (Å²) < 4.78 is 5.68. The number of nitrogens with one attached hydrogen (secondary N) is 1. The zero-order valence-corrected chi connectivity index (χ0v) is 13.9. The van der Waals surface area contributed by atoms with Crippen LogP contribution in [0.3, 0.4) is 0 Å². The lowest BCUT2D eigenvalue weighted by Crippen LogP contribution is -2.52. The number of hydrogen-bond acceptors (Lipinski definition) is 3. The van der Waals surface area contributed by atoms with Gasteiger partial charge in [0, 0.05) is 25.7 Å². The largest absolute Gasteiger partial charge is 0.376 e. The standard InChI is InChI=1S/C17H34N2O/c1-5-6-18-17-10-13(2)9-14(3)16(17)12-19-7-8-20-15(4)11-19/h13-18H,5-12H2,1-4H3. The summed E-state index contributed by atoms with van der Waals surface area (Å²) in [5.74, 6) is 2.52. The van der Waals surface area contributed by atoms with E-state index in [1.807, 2.05) is 0 Å². The molecule has 1 aliphatic heterocycles.